The van der Waals surface area contributed by atoms with Gasteiger partial charge < -0.3 is 19.7 Å². The van der Waals surface area contributed by atoms with Gasteiger partial charge in [0.25, 0.3) is 0 Å². The second-order valence-corrected chi connectivity index (χ2v) is 5.20. The molecule has 1 aromatic rings. The zero-order valence-electron chi connectivity index (χ0n) is 12.8. The fraction of sp³-hybridized carbons (Fsp3) is 0.562. The summed E-state index contributed by atoms with van der Waals surface area (Å²) in [6, 6.07) is 7.76. The Morgan fingerprint density at radius 2 is 2.38 bits per heavy atom. The third-order valence-corrected chi connectivity index (χ3v) is 3.57. The molecule has 1 fully saturated rings. The number of benzene rings is 1. The highest BCUT2D eigenvalue weighted by Crippen LogP contribution is 2.17. The van der Waals surface area contributed by atoms with Crippen LogP contribution < -0.4 is 10.1 Å². The number of carbonyl (C=O) groups is 1. The van der Waals surface area contributed by atoms with E-state index in [1.54, 1.807) is 7.11 Å². The number of nitrogens with one attached hydrogen (secondary N) is 1. The number of carbonyl (C=O) groups excluding carboxylic acids is 1. The lowest BCUT2D eigenvalue weighted by Gasteiger charge is -2.25. The molecule has 116 valence electrons. The van der Waals surface area contributed by atoms with Gasteiger partial charge in [0.05, 0.1) is 13.2 Å². The van der Waals surface area contributed by atoms with Crippen molar-refractivity contribution in [1.82, 2.24) is 10.2 Å². The second kappa shape index (κ2) is 7.88. The van der Waals surface area contributed by atoms with E-state index in [-0.39, 0.29) is 12.1 Å². The summed E-state index contributed by atoms with van der Waals surface area (Å²) in [6.45, 7) is 4.53. The molecule has 1 aliphatic heterocycles. The number of ether oxygens (including phenoxy) is 2. The van der Waals surface area contributed by atoms with Gasteiger partial charge in [0.2, 0.25) is 0 Å². The predicted molar refractivity (Wildman–Crippen MR) is 81.5 cm³/mol. The summed E-state index contributed by atoms with van der Waals surface area (Å²) in [5.74, 6) is 0.806. The maximum atomic E-state index is 12.2. The Labute approximate surface area is 126 Å². The quantitative estimate of drug-likeness (QED) is 0.876. The van der Waals surface area contributed by atoms with Gasteiger partial charge in [0, 0.05) is 26.2 Å². The Balaban J connectivity index is 2.04. The summed E-state index contributed by atoms with van der Waals surface area (Å²) >= 11 is 0. The van der Waals surface area contributed by atoms with E-state index in [4.69, 9.17) is 9.47 Å². The zero-order valence-corrected chi connectivity index (χ0v) is 12.8. The Kier molecular flexibility index (Phi) is 5.87. The maximum Gasteiger partial charge on any atom is 0.317 e. The molecule has 1 atom stereocenters. The van der Waals surface area contributed by atoms with Crippen LogP contribution in [0, 0.1) is 0 Å². The van der Waals surface area contributed by atoms with Crippen LogP contribution in [0.4, 0.5) is 4.79 Å². The van der Waals surface area contributed by atoms with E-state index in [1.165, 1.54) is 0 Å². The SMILES string of the molecule is CCNC(=O)N(Cc1cccc(OC)c1)C[C@@H]1CCCO1. The number of amides is 2. The first-order chi connectivity index (χ1) is 10.2. The fourth-order valence-corrected chi connectivity index (χ4v) is 2.51. The maximum absolute atomic E-state index is 12.2. The van der Waals surface area contributed by atoms with Gasteiger partial charge in [-0.05, 0) is 37.5 Å². The summed E-state index contributed by atoms with van der Waals surface area (Å²) in [7, 11) is 1.65. The molecule has 21 heavy (non-hydrogen) atoms. The molecule has 0 aliphatic carbocycles. The summed E-state index contributed by atoms with van der Waals surface area (Å²) in [5, 5.41) is 2.87. The monoisotopic (exact) mass is 292 g/mol. The molecule has 1 aromatic carbocycles. The normalized spacial score (nSPS) is 17.5. The van der Waals surface area contributed by atoms with Crippen LogP contribution in [0.25, 0.3) is 0 Å². The van der Waals surface area contributed by atoms with Crippen LogP contribution in [0.5, 0.6) is 5.75 Å². The smallest absolute Gasteiger partial charge is 0.317 e. The second-order valence-electron chi connectivity index (χ2n) is 5.20. The summed E-state index contributed by atoms with van der Waals surface area (Å²) in [5.41, 5.74) is 1.05. The molecule has 1 saturated heterocycles. The highest BCUT2D eigenvalue weighted by atomic mass is 16.5. The van der Waals surface area contributed by atoms with Crippen molar-refractivity contribution in [3.8, 4) is 5.75 Å². The standard InChI is InChI=1S/C16H24N2O3/c1-3-17-16(19)18(12-15-8-5-9-21-15)11-13-6-4-7-14(10-13)20-2/h4,6-7,10,15H,3,5,8-9,11-12H2,1-2H3,(H,17,19)/t15-/m0/s1. The van der Waals surface area contributed by atoms with E-state index < -0.39 is 0 Å². The Morgan fingerprint density at radius 1 is 1.52 bits per heavy atom. The molecule has 1 heterocycles. The van der Waals surface area contributed by atoms with E-state index >= 15 is 0 Å². The molecule has 0 bridgehead atoms. The summed E-state index contributed by atoms with van der Waals surface area (Å²) < 4.78 is 10.9. The minimum atomic E-state index is -0.0455. The van der Waals surface area contributed by atoms with Crippen molar-refractivity contribution in [2.75, 3.05) is 26.8 Å². The number of rotatable bonds is 6. The van der Waals surface area contributed by atoms with Gasteiger partial charge in [-0.25, -0.2) is 4.79 Å². The van der Waals surface area contributed by atoms with Crippen LogP contribution in [0.15, 0.2) is 24.3 Å². The zero-order chi connectivity index (χ0) is 15.1. The van der Waals surface area contributed by atoms with Gasteiger partial charge in [-0.15, -0.1) is 0 Å². The number of hydrogen-bond donors (Lipinski definition) is 1. The summed E-state index contributed by atoms with van der Waals surface area (Å²) in [6.07, 6.45) is 2.25. The van der Waals surface area contributed by atoms with Crippen LogP contribution in [0.1, 0.15) is 25.3 Å². The van der Waals surface area contributed by atoms with Gasteiger partial charge in [-0.3, -0.25) is 0 Å². The van der Waals surface area contributed by atoms with Gasteiger partial charge in [0.1, 0.15) is 5.75 Å². The van der Waals surface area contributed by atoms with Crippen molar-refractivity contribution in [3.05, 3.63) is 29.8 Å². The van der Waals surface area contributed by atoms with Crippen molar-refractivity contribution < 1.29 is 14.3 Å². The topological polar surface area (TPSA) is 50.8 Å². The molecule has 1 N–H and O–H groups in total. The molecule has 5 heteroatoms. The molecule has 0 saturated carbocycles. The van der Waals surface area contributed by atoms with E-state index in [0.717, 1.165) is 30.8 Å². The van der Waals surface area contributed by atoms with E-state index in [2.05, 4.69) is 5.32 Å². The molecule has 1 aliphatic rings. The van der Waals surface area contributed by atoms with E-state index in [0.29, 0.717) is 19.6 Å². The van der Waals surface area contributed by atoms with Crippen molar-refractivity contribution >= 4 is 6.03 Å². The molecule has 0 unspecified atom stereocenters. The van der Waals surface area contributed by atoms with Gasteiger partial charge in [-0.2, -0.15) is 0 Å². The molecular weight excluding hydrogens is 268 g/mol. The highest BCUT2D eigenvalue weighted by Gasteiger charge is 2.22. The molecule has 0 spiro atoms. The number of urea groups is 1. The lowest BCUT2D eigenvalue weighted by Crippen LogP contribution is -2.43. The largest absolute Gasteiger partial charge is 0.497 e. The average molecular weight is 292 g/mol. The third-order valence-electron chi connectivity index (χ3n) is 3.57. The van der Waals surface area contributed by atoms with Gasteiger partial charge in [-0.1, -0.05) is 12.1 Å². The van der Waals surface area contributed by atoms with E-state index in [1.807, 2.05) is 36.1 Å². The molecule has 2 amide bonds. The summed E-state index contributed by atoms with van der Waals surface area (Å²) in [4.78, 5) is 14.0. The number of nitrogens with zero attached hydrogens (tertiary/aromatic N) is 1. The van der Waals surface area contributed by atoms with Crippen LogP contribution in [0.3, 0.4) is 0 Å². The lowest BCUT2D eigenvalue weighted by atomic mass is 10.2. The fourth-order valence-electron chi connectivity index (χ4n) is 2.51. The van der Waals surface area contributed by atoms with Gasteiger partial charge in [0.15, 0.2) is 0 Å². The molecule has 2 rings (SSSR count). The van der Waals surface area contributed by atoms with Crippen LogP contribution in [0.2, 0.25) is 0 Å². The average Bonchev–Trinajstić information content (AvgIpc) is 3.00. The first kappa shape index (κ1) is 15.6. The predicted octanol–water partition coefficient (Wildman–Crippen LogP) is 2.41. The molecule has 0 radical (unpaired) electrons. The molecule has 5 nitrogen and oxygen atoms in total. The highest BCUT2D eigenvalue weighted by molar-refractivity contribution is 5.74. The third kappa shape index (κ3) is 4.63. The number of hydrogen-bond acceptors (Lipinski definition) is 3. The Hall–Kier alpha value is -1.75. The van der Waals surface area contributed by atoms with Crippen LogP contribution in [-0.2, 0) is 11.3 Å². The minimum absolute atomic E-state index is 0.0455. The minimum Gasteiger partial charge on any atom is -0.497 e. The molecular formula is C16H24N2O3. The van der Waals surface area contributed by atoms with Crippen molar-refractivity contribution in [3.63, 3.8) is 0 Å². The van der Waals surface area contributed by atoms with E-state index in [9.17, 15) is 4.79 Å². The van der Waals surface area contributed by atoms with Crippen LogP contribution in [-0.4, -0.2) is 43.8 Å². The molecule has 0 aromatic heterocycles. The first-order valence-electron chi connectivity index (χ1n) is 7.50. The Bertz CT molecular complexity index is 459. The van der Waals surface area contributed by atoms with Crippen molar-refractivity contribution in [2.24, 2.45) is 0 Å². The van der Waals surface area contributed by atoms with Crippen molar-refractivity contribution in [2.45, 2.75) is 32.4 Å². The van der Waals surface area contributed by atoms with Crippen LogP contribution >= 0.6 is 0 Å². The lowest BCUT2D eigenvalue weighted by molar-refractivity contribution is 0.0795. The van der Waals surface area contributed by atoms with Crippen molar-refractivity contribution in [1.29, 1.82) is 0 Å². The Morgan fingerprint density at radius 3 is 3.05 bits per heavy atom. The van der Waals surface area contributed by atoms with Gasteiger partial charge >= 0.3 is 6.03 Å². The first-order valence-corrected chi connectivity index (χ1v) is 7.50. The number of methoxy groups -OCH3 is 1.